The molecular formula is C19H15N3O4S. The van der Waals surface area contributed by atoms with Gasteiger partial charge in [0.15, 0.2) is 5.17 Å². The van der Waals surface area contributed by atoms with Crippen LogP contribution in [-0.2, 0) is 4.79 Å². The largest absolute Gasteiger partial charge is 0.508 e. The van der Waals surface area contributed by atoms with Gasteiger partial charge in [0.2, 0.25) is 0 Å². The SMILES string of the molecule is C=CCN1C(=O)/C(=C\c2cccc([N+](=O)[O-])c2)SC1=Nc1cccc(O)c1. The number of benzene rings is 2. The lowest BCUT2D eigenvalue weighted by Crippen LogP contribution is -2.29. The Hall–Kier alpha value is -3.39. The van der Waals surface area contributed by atoms with Crippen molar-refractivity contribution in [2.24, 2.45) is 4.99 Å². The summed E-state index contributed by atoms with van der Waals surface area (Å²) in [5.41, 5.74) is 1.02. The monoisotopic (exact) mass is 381 g/mol. The van der Waals surface area contributed by atoms with Crippen LogP contribution in [-0.4, -0.2) is 32.5 Å². The van der Waals surface area contributed by atoms with Gasteiger partial charge in [-0.2, -0.15) is 0 Å². The summed E-state index contributed by atoms with van der Waals surface area (Å²) in [4.78, 5) is 29.5. The minimum atomic E-state index is -0.482. The number of aliphatic imine (C=N–C) groups is 1. The number of amides is 1. The Morgan fingerprint density at radius 3 is 2.74 bits per heavy atom. The highest BCUT2D eigenvalue weighted by Crippen LogP contribution is 2.34. The van der Waals surface area contributed by atoms with Crippen LogP contribution in [0.1, 0.15) is 5.56 Å². The van der Waals surface area contributed by atoms with E-state index in [1.165, 1.54) is 29.2 Å². The number of phenolic OH excluding ortho intramolecular Hbond substituents is 1. The number of hydrogen-bond donors (Lipinski definition) is 1. The Kier molecular flexibility index (Phi) is 5.37. The van der Waals surface area contributed by atoms with Gasteiger partial charge < -0.3 is 5.11 Å². The number of phenols is 1. The zero-order valence-electron chi connectivity index (χ0n) is 14.1. The van der Waals surface area contributed by atoms with Crippen molar-refractivity contribution in [1.29, 1.82) is 0 Å². The second kappa shape index (κ2) is 7.88. The van der Waals surface area contributed by atoms with Crippen molar-refractivity contribution in [2.45, 2.75) is 0 Å². The van der Waals surface area contributed by atoms with Crippen molar-refractivity contribution >= 4 is 40.3 Å². The molecule has 3 rings (SSSR count). The van der Waals surface area contributed by atoms with Gasteiger partial charge in [-0.15, -0.1) is 6.58 Å². The number of carbonyl (C=O) groups is 1. The fourth-order valence-electron chi connectivity index (χ4n) is 2.43. The van der Waals surface area contributed by atoms with Crippen molar-refractivity contribution in [3.63, 3.8) is 0 Å². The van der Waals surface area contributed by atoms with Gasteiger partial charge in [0, 0.05) is 24.7 Å². The number of nitro groups is 1. The standard InChI is InChI=1S/C19H15N3O4S/c1-2-9-21-18(24)17(11-13-5-3-7-15(10-13)22(25)26)27-19(21)20-14-6-4-8-16(23)12-14/h2-8,10-12,23H,1,9H2/b17-11+,20-19?. The maximum absolute atomic E-state index is 12.7. The second-order valence-electron chi connectivity index (χ2n) is 5.58. The predicted octanol–water partition coefficient (Wildman–Crippen LogP) is 4.09. The first-order chi connectivity index (χ1) is 13.0. The van der Waals surface area contributed by atoms with E-state index in [2.05, 4.69) is 11.6 Å². The number of carbonyl (C=O) groups excluding carboxylic acids is 1. The van der Waals surface area contributed by atoms with Crippen LogP contribution in [0.4, 0.5) is 11.4 Å². The summed E-state index contributed by atoms with van der Waals surface area (Å²) in [6, 6.07) is 12.5. The van der Waals surface area contributed by atoms with Gasteiger partial charge >= 0.3 is 0 Å². The van der Waals surface area contributed by atoms with Crippen molar-refractivity contribution in [2.75, 3.05) is 6.54 Å². The molecule has 1 heterocycles. The highest BCUT2D eigenvalue weighted by Gasteiger charge is 2.32. The van der Waals surface area contributed by atoms with E-state index in [1.54, 1.807) is 36.4 Å². The normalized spacial score (nSPS) is 16.9. The van der Waals surface area contributed by atoms with Crippen molar-refractivity contribution in [3.8, 4) is 5.75 Å². The lowest BCUT2D eigenvalue weighted by Gasteiger charge is -2.12. The first-order valence-corrected chi connectivity index (χ1v) is 8.74. The number of thioether (sulfide) groups is 1. The van der Waals surface area contributed by atoms with Gasteiger partial charge in [-0.25, -0.2) is 4.99 Å². The molecule has 0 spiro atoms. The van der Waals surface area contributed by atoms with Gasteiger partial charge in [0.1, 0.15) is 5.75 Å². The second-order valence-corrected chi connectivity index (χ2v) is 6.59. The van der Waals surface area contributed by atoms with Gasteiger partial charge in [-0.1, -0.05) is 24.3 Å². The molecule has 0 aromatic heterocycles. The number of hydrogen-bond acceptors (Lipinski definition) is 6. The molecule has 0 unspecified atom stereocenters. The molecule has 1 saturated heterocycles. The minimum absolute atomic E-state index is 0.0450. The molecule has 8 heteroatoms. The van der Waals surface area contributed by atoms with E-state index in [0.29, 0.717) is 21.3 Å². The van der Waals surface area contributed by atoms with Gasteiger partial charge in [0.05, 0.1) is 15.5 Å². The number of rotatable bonds is 5. The molecule has 1 aliphatic heterocycles. The summed E-state index contributed by atoms with van der Waals surface area (Å²) in [6.45, 7) is 3.94. The summed E-state index contributed by atoms with van der Waals surface area (Å²) in [5, 5.41) is 21.0. The number of nitro benzene ring substituents is 1. The van der Waals surface area contributed by atoms with Crippen molar-refractivity contribution in [1.82, 2.24) is 4.90 Å². The predicted molar refractivity (Wildman–Crippen MR) is 106 cm³/mol. The summed E-state index contributed by atoms with van der Waals surface area (Å²) in [7, 11) is 0. The molecule has 0 radical (unpaired) electrons. The minimum Gasteiger partial charge on any atom is -0.508 e. The van der Waals surface area contributed by atoms with E-state index < -0.39 is 4.92 Å². The van der Waals surface area contributed by atoms with E-state index in [0.717, 1.165) is 11.8 Å². The first kappa shape index (κ1) is 18.4. The van der Waals surface area contributed by atoms with E-state index in [9.17, 15) is 20.0 Å². The van der Waals surface area contributed by atoms with Gasteiger partial charge in [0.25, 0.3) is 11.6 Å². The molecule has 1 amide bonds. The maximum Gasteiger partial charge on any atom is 0.270 e. The third-order valence-corrected chi connectivity index (χ3v) is 4.64. The van der Waals surface area contributed by atoms with Gasteiger partial charge in [-0.3, -0.25) is 19.8 Å². The molecule has 0 saturated carbocycles. The quantitative estimate of drug-likeness (QED) is 0.364. The molecule has 1 N–H and O–H groups in total. The fraction of sp³-hybridized carbons (Fsp3) is 0.0526. The molecule has 0 atom stereocenters. The molecule has 1 fully saturated rings. The van der Waals surface area contributed by atoms with Crippen LogP contribution in [0.5, 0.6) is 5.75 Å². The lowest BCUT2D eigenvalue weighted by molar-refractivity contribution is -0.384. The molecule has 1 aliphatic rings. The van der Waals surface area contributed by atoms with Crippen molar-refractivity contribution in [3.05, 3.63) is 81.8 Å². The van der Waals surface area contributed by atoms with Crippen LogP contribution >= 0.6 is 11.8 Å². The molecule has 27 heavy (non-hydrogen) atoms. The maximum atomic E-state index is 12.7. The summed E-state index contributed by atoms with van der Waals surface area (Å²) in [6.07, 6.45) is 3.19. The summed E-state index contributed by atoms with van der Waals surface area (Å²) >= 11 is 1.16. The van der Waals surface area contributed by atoms with Crippen LogP contribution in [0, 0.1) is 10.1 Å². The van der Waals surface area contributed by atoms with Crippen LogP contribution in [0.25, 0.3) is 6.08 Å². The average Bonchev–Trinajstić information content (AvgIpc) is 2.91. The molecular weight excluding hydrogens is 366 g/mol. The molecule has 2 aromatic carbocycles. The Balaban J connectivity index is 1.96. The number of amidine groups is 1. The zero-order chi connectivity index (χ0) is 19.4. The zero-order valence-corrected chi connectivity index (χ0v) is 14.9. The van der Waals surface area contributed by atoms with Crippen LogP contribution in [0.2, 0.25) is 0 Å². The van der Waals surface area contributed by atoms with Crippen LogP contribution in [0.15, 0.2) is 71.1 Å². The van der Waals surface area contributed by atoms with Crippen molar-refractivity contribution < 1.29 is 14.8 Å². The van der Waals surface area contributed by atoms with E-state index in [4.69, 9.17) is 0 Å². The topological polar surface area (TPSA) is 96.0 Å². The Bertz CT molecular complexity index is 984. The average molecular weight is 381 g/mol. The smallest absolute Gasteiger partial charge is 0.270 e. The molecule has 7 nitrogen and oxygen atoms in total. The summed E-state index contributed by atoms with van der Waals surface area (Å²) in [5.74, 6) is -0.181. The van der Waals surface area contributed by atoms with E-state index in [1.807, 2.05) is 0 Å². The molecule has 0 bridgehead atoms. The number of aromatic hydroxyl groups is 1. The highest BCUT2D eigenvalue weighted by atomic mass is 32.2. The fourth-order valence-corrected chi connectivity index (χ4v) is 3.44. The van der Waals surface area contributed by atoms with Crippen LogP contribution < -0.4 is 0 Å². The van der Waals surface area contributed by atoms with E-state index in [-0.39, 0.29) is 23.9 Å². The molecule has 0 aliphatic carbocycles. The molecule has 2 aromatic rings. The Labute approximate surface area is 159 Å². The molecule has 136 valence electrons. The lowest BCUT2D eigenvalue weighted by atomic mass is 10.2. The first-order valence-electron chi connectivity index (χ1n) is 7.92. The third kappa shape index (κ3) is 4.24. The van der Waals surface area contributed by atoms with Gasteiger partial charge in [-0.05, 0) is 35.5 Å². The Morgan fingerprint density at radius 2 is 2.04 bits per heavy atom. The number of nitrogens with zero attached hydrogens (tertiary/aromatic N) is 3. The van der Waals surface area contributed by atoms with E-state index >= 15 is 0 Å². The van der Waals surface area contributed by atoms with Crippen LogP contribution in [0.3, 0.4) is 0 Å². The number of non-ortho nitro benzene ring substituents is 1. The summed E-state index contributed by atoms with van der Waals surface area (Å²) < 4.78 is 0. The Morgan fingerprint density at radius 1 is 1.26 bits per heavy atom. The third-order valence-electron chi connectivity index (χ3n) is 3.63. The highest BCUT2D eigenvalue weighted by molar-refractivity contribution is 8.18.